The number of hydrogen-bond acceptors (Lipinski definition) is 9. The molecule has 0 saturated heterocycles. The maximum Gasteiger partial charge on any atom is 0.229 e. The van der Waals surface area contributed by atoms with Gasteiger partial charge < -0.3 is 14.7 Å². The normalized spacial score (nSPS) is 15.8. The molecule has 12 nitrogen and oxygen atoms in total. The van der Waals surface area contributed by atoms with Crippen molar-refractivity contribution in [1.29, 1.82) is 0 Å². The lowest BCUT2D eigenvalue weighted by atomic mass is 9.73. The van der Waals surface area contributed by atoms with E-state index in [0.29, 0.717) is 17.1 Å². The van der Waals surface area contributed by atoms with Gasteiger partial charge in [-0.25, -0.2) is 0 Å². The Morgan fingerprint density at radius 3 is 0.942 bits per heavy atom. The van der Waals surface area contributed by atoms with E-state index in [-0.39, 0.29) is 37.0 Å². The van der Waals surface area contributed by atoms with Crippen LogP contribution in [0.1, 0.15) is 36.3 Å². The van der Waals surface area contributed by atoms with Gasteiger partial charge in [-0.3, -0.25) is 44.3 Å². The number of anilines is 3. The van der Waals surface area contributed by atoms with Crippen LogP contribution in [-0.2, 0) is 14.4 Å². The van der Waals surface area contributed by atoms with Crippen LogP contribution in [0, 0.1) is 38.5 Å². The lowest BCUT2D eigenvalue weighted by Gasteiger charge is -2.37. The van der Waals surface area contributed by atoms with Crippen LogP contribution in [0.3, 0.4) is 0 Å². The first-order chi connectivity index (χ1) is 33.4. The largest absolute Gasteiger partial charge is 0.314 e. The lowest BCUT2D eigenvalue weighted by Crippen LogP contribution is -2.46. The summed E-state index contributed by atoms with van der Waals surface area (Å²) in [5, 5.41) is 3.05. The minimum atomic E-state index is -0.635. The molecule has 0 N–H and O–H groups in total. The van der Waals surface area contributed by atoms with Gasteiger partial charge in [-0.05, 0) is 94.6 Å². The van der Waals surface area contributed by atoms with Crippen molar-refractivity contribution in [2.45, 2.75) is 40.0 Å². The molecule has 6 aromatic heterocycles. The monoisotopic (exact) mass is 909 g/mol. The molecule has 1 aliphatic carbocycles. The van der Waals surface area contributed by atoms with E-state index >= 15 is 0 Å². The number of benzene rings is 3. The Balaban J connectivity index is 0.915. The fourth-order valence-corrected chi connectivity index (χ4v) is 9.71. The Kier molecular flexibility index (Phi) is 11.9. The molecule has 10 rings (SSSR count). The van der Waals surface area contributed by atoms with E-state index in [1.165, 1.54) is 0 Å². The van der Waals surface area contributed by atoms with Gasteiger partial charge in [0.25, 0.3) is 0 Å². The number of aromatic nitrogens is 6. The molecule has 0 radical (unpaired) electrons. The second-order valence-electron chi connectivity index (χ2n) is 18.2. The van der Waals surface area contributed by atoms with Crippen LogP contribution >= 0.6 is 0 Å². The third-order valence-corrected chi connectivity index (χ3v) is 13.6. The topological polar surface area (TPSA) is 138 Å². The van der Waals surface area contributed by atoms with E-state index in [1.54, 1.807) is 54.4 Å². The predicted molar refractivity (Wildman–Crippen MR) is 274 cm³/mol. The minimum absolute atomic E-state index is 0.192. The summed E-state index contributed by atoms with van der Waals surface area (Å²) in [4.78, 5) is 77.5. The van der Waals surface area contributed by atoms with Crippen LogP contribution in [0.4, 0.5) is 17.1 Å². The Hall–Kier alpha value is -8.25. The van der Waals surface area contributed by atoms with Gasteiger partial charge in [0, 0.05) is 88.8 Å². The van der Waals surface area contributed by atoms with Crippen LogP contribution in [0.15, 0.2) is 146 Å². The third-order valence-electron chi connectivity index (χ3n) is 13.6. The average Bonchev–Trinajstić information content (AvgIpc) is 3.39. The first-order valence-corrected chi connectivity index (χ1v) is 23.2. The number of para-hydroxylation sites is 3. The number of nitrogens with zero attached hydrogens (tertiary/aromatic N) is 9. The standard InChI is InChI=1S/C57H51N9O3/c1-34-16-19-37-10-7-13-46(52(37)61-34)49-25-22-43(31-58-49)64(4)55(67)40-28-41(56(68)65(5)44-23-26-50(59-32-44)47-14-8-11-38-20-17-35(2)62-53(38)47)30-42(29-40)57(69)66(6)45-24-27-51(60-33-45)48-15-9-12-39-21-18-36(3)63-54(39)48/h7-27,31-33,40-42H,28-30H2,1-6H3. The predicted octanol–water partition coefficient (Wildman–Crippen LogP) is 10.8. The Bertz CT molecular complexity index is 3060. The van der Waals surface area contributed by atoms with E-state index in [2.05, 4.69) is 18.2 Å². The fourth-order valence-electron chi connectivity index (χ4n) is 9.71. The summed E-state index contributed by atoms with van der Waals surface area (Å²) in [7, 11) is 5.17. The second-order valence-corrected chi connectivity index (χ2v) is 18.2. The van der Waals surface area contributed by atoms with Crippen LogP contribution in [-0.4, -0.2) is 68.8 Å². The number of carbonyl (C=O) groups is 3. The zero-order valence-electron chi connectivity index (χ0n) is 39.5. The van der Waals surface area contributed by atoms with Gasteiger partial charge in [0.2, 0.25) is 17.7 Å². The molecule has 1 fully saturated rings. The van der Waals surface area contributed by atoms with E-state index in [0.717, 1.165) is 83.6 Å². The lowest BCUT2D eigenvalue weighted by molar-refractivity contribution is -0.131. The zero-order valence-corrected chi connectivity index (χ0v) is 39.5. The number of pyridine rings is 6. The van der Waals surface area contributed by atoms with Crippen molar-refractivity contribution >= 4 is 67.5 Å². The molecule has 342 valence electrons. The van der Waals surface area contributed by atoms with Gasteiger partial charge in [-0.15, -0.1) is 0 Å². The van der Waals surface area contributed by atoms with Crippen LogP contribution in [0.5, 0.6) is 0 Å². The molecule has 12 heteroatoms. The summed E-state index contributed by atoms with van der Waals surface area (Å²) in [6.45, 7) is 5.89. The summed E-state index contributed by atoms with van der Waals surface area (Å²) in [6.07, 6.45) is 5.89. The Labute approximate surface area is 400 Å². The smallest absolute Gasteiger partial charge is 0.229 e. The first kappa shape index (κ1) is 44.6. The van der Waals surface area contributed by atoms with Crippen molar-refractivity contribution in [2.75, 3.05) is 35.8 Å². The zero-order chi connectivity index (χ0) is 47.9. The van der Waals surface area contributed by atoms with Gasteiger partial charge in [-0.1, -0.05) is 72.8 Å². The Morgan fingerprint density at radius 1 is 0.391 bits per heavy atom. The number of aryl methyl sites for hydroxylation is 3. The number of amides is 3. The van der Waals surface area contributed by atoms with Gasteiger partial charge in [0.05, 0.1) is 69.3 Å². The highest BCUT2D eigenvalue weighted by Crippen LogP contribution is 2.39. The van der Waals surface area contributed by atoms with Crippen molar-refractivity contribution in [2.24, 2.45) is 17.8 Å². The Morgan fingerprint density at radius 2 is 0.681 bits per heavy atom. The molecular formula is C57H51N9O3. The number of fused-ring (bicyclic) bond motifs is 3. The van der Waals surface area contributed by atoms with E-state index in [1.807, 2.05) is 130 Å². The van der Waals surface area contributed by atoms with E-state index in [9.17, 15) is 14.4 Å². The summed E-state index contributed by atoms with van der Waals surface area (Å²) >= 11 is 0. The maximum atomic E-state index is 14.7. The summed E-state index contributed by atoms with van der Waals surface area (Å²) < 4.78 is 0. The van der Waals surface area contributed by atoms with Gasteiger partial charge in [0.1, 0.15) is 0 Å². The molecule has 0 spiro atoms. The molecule has 3 aromatic carbocycles. The molecule has 0 aliphatic heterocycles. The minimum Gasteiger partial charge on any atom is -0.314 e. The van der Waals surface area contributed by atoms with Gasteiger partial charge in [0.15, 0.2) is 0 Å². The molecule has 6 heterocycles. The average molecular weight is 910 g/mol. The molecule has 1 saturated carbocycles. The molecular weight excluding hydrogens is 859 g/mol. The van der Waals surface area contributed by atoms with E-state index < -0.39 is 17.8 Å². The highest BCUT2D eigenvalue weighted by Gasteiger charge is 2.42. The number of rotatable bonds is 9. The van der Waals surface area contributed by atoms with E-state index in [4.69, 9.17) is 29.9 Å². The van der Waals surface area contributed by atoms with Crippen molar-refractivity contribution in [3.63, 3.8) is 0 Å². The van der Waals surface area contributed by atoms with Crippen molar-refractivity contribution in [1.82, 2.24) is 29.9 Å². The first-order valence-electron chi connectivity index (χ1n) is 23.2. The van der Waals surface area contributed by atoms with Crippen LogP contribution in [0.25, 0.3) is 66.5 Å². The maximum absolute atomic E-state index is 14.7. The van der Waals surface area contributed by atoms with Crippen molar-refractivity contribution < 1.29 is 14.4 Å². The van der Waals surface area contributed by atoms with Crippen molar-refractivity contribution in [3.8, 4) is 33.8 Å². The number of carbonyl (C=O) groups excluding carboxylic acids is 3. The van der Waals surface area contributed by atoms with Crippen LogP contribution in [0.2, 0.25) is 0 Å². The molecule has 0 unspecified atom stereocenters. The third kappa shape index (κ3) is 8.77. The second kappa shape index (κ2) is 18.4. The van der Waals surface area contributed by atoms with Gasteiger partial charge >= 0.3 is 0 Å². The SMILES string of the molecule is Cc1ccc2cccc(-c3ccc(N(C)C(=O)C4CC(C(=O)N(C)c5ccc(-c6cccc7ccc(C)nc67)nc5)CC(C(=O)N(C)c5ccc(-c6cccc7ccc(C)nc67)nc5)C4)cn3)c2n1. The van der Waals surface area contributed by atoms with Crippen molar-refractivity contribution in [3.05, 3.63) is 163 Å². The fraction of sp³-hybridized carbons (Fsp3) is 0.211. The summed E-state index contributed by atoms with van der Waals surface area (Å²) in [6, 6.07) is 41.5. The quantitative estimate of drug-likeness (QED) is 0.138. The van der Waals surface area contributed by atoms with Crippen LogP contribution < -0.4 is 14.7 Å². The molecule has 0 atom stereocenters. The summed E-state index contributed by atoms with van der Waals surface area (Å²) in [5.74, 6) is -2.48. The molecule has 0 bridgehead atoms. The number of hydrogen-bond donors (Lipinski definition) is 0. The highest BCUT2D eigenvalue weighted by atomic mass is 16.2. The molecule has 9 aromatic rings. The molecule has 3 amide bonds. The summed E-state index contributed by atoms with van der Waals surface area (Å²) in [5.41, 5.74) is 12.0. The molecule has 1 aliphatic rings. The van der Waals surface area contributed by atoms with Gasteiger partial charge in [-0.2, -0.15) is 0 Å². The molecule has 69 heavy (non-hydrogen) atoms. The highest BCUT2D eigenvalue weighted by molar-refractivity contribution is 6.01.